The van der Waals surface area contributed by atoms with Gasteiger partial charge in [-0.25, -0.2) is 0 Å². The molecule has 0 N–H and O–H groups in total. The molecule has 1 aromatic carbocycles. The van der Waals surface area contributed by atoms with Gasteiger partial charge in [0, 0.05) is 11.3 Å². The number of rotatable bonds is 1. The summed E-state index contributed by atoms with van der Waals surface area (Å²) >= 11 is 0. The van der Waals surface area contributed by atoms with Crippen LogP contribution in [0.25, 0.3) is 0 Å². The average Bonchev–Trinajstić information content (AvgIpc) is 3.06. The summed E-state index contributed by atoms with van der Waals surface area (Å²) in [6, 6.07) is 11.0. The largest absolute Gasteiger partial charge is 0.186 e. The summed E-state index contributed by atoms with van der Waals surface area (Å²) in [6.45, 7) is 4.73. The van der Waals surface area contributed by atoms with E-state index >= 15 is 0 Å². The fourth-order valence-electron chi connectivity index (χ4n) is 5.34. The molecule has 2 bridgehead atoms. The van der Waals surface area contributed by atoms with E-state index in [0.717, 1.165) is 0 Å². The second-order valence-electron chi connectivity index (χ2n) is 7.08. The molecule has 4 rings (SSSR count). The van der Waals surface area contributed by atoms with Gasteiger partial charge in [0.2, 0.25) is 0 Å². The van der Waals surface area contributed by atoms with Crippen LogP contribution in [-0.4, -0.2) is 11.1 Å². The van der Waals surface area contributed by atoms with Crippen molar-refractivity contribution in [2.24, 2.45) is 15.6 Å². The monoisotopic (exact) mass is 254 g/mol. The molecule has 1 spiro atoms. The fourth-order valence-corrected chi connectivity index (χ4v) is 5.34. The Kier molecular flexibility index (Phi) is 2.13. The molecule has 2 saturated carbocycles. The highest BCUT2D eigenvalue weighted by Crippen LogP contribution is 2.72. The Hall–Kier alpha value is -1.18. The Morgan fingerprint density at radius 1 is 1.00 bits per heavy atom. The van der Waals surface area contributed by atoms with Crippen molar-refractivity contribution in [3.63, 3.8) is 0 Å². The molecular weight excluding hydrogens is 232 g/mol. The minimum Gasteiger partial charge on any atom is -0.186 e. The van der Waals surface area contributed by atoms with E-state index in [9.17, 15) is 0 Å². The Morgan fingerprint density at radius 3 is 2.37 bits per heavy atom. The van der Waals surface area contributed by atoms with Gasteiger partial charge in [-0.2, -0.15) is 10.2 Å². The normalized spacial score (nSPS) is 42.3. The minimum atomic E-state index is 0.0274. The molecule has 1 aromatic rings. The van der Waals surface area contributed by atoms with Gasteiger partial charge in [-0.05, 0) is 38.7 Å². The molecule has 2 nitrogen and oxygen atoms in total. The zero-order chi connectivity index (χ0) is 13.1. The number of hydrogen-bond donors (Lipinski definition) is 0. The van der Waals surface area contributed by atoms with Crippen molar-refractivity contribution in [3.8, 4) is 0 Å². The van der Waals surface area contributed by atoms with Crippen molar-refractivity contribution < 1.29 is 0 Å². The molecular formula is C17H22N2. The van der Waals surface area contributed by atoms with E-state index in [0.29, 0.717) is 11.3 Å². The molecule has 2 heteroatoms. The van der Waals surface area contributed by atoms with Crippen LogP contribution < -0.4 is 0 Å². The van der Waals surface area contributed by atoms with Crippen LogP contribution in [0.2, 0.25) is 0 Å². The fraction of sp³-hybridized carbons (Fsp3) is 0.647. The van der Waals surface area contributed by atoms with Crippen LogP contribution in [-0.2, 0) is 0 Å². The van der Waals surface area contributed by atoms with E-state index in [-0.39, 0.29) is 11.1 Å². The lowest BCUT2D eigenvalue weighted by atomic mass is 9.64. The lowest BCUT2D eigenvalue weighted by Crippen LogP contribution is -2.45. The number of benzene rings is 1. The molecule has 0 radical (unpaired) electrons. The standard InChI is InChI=1S/C17H22N2/c1-15-12-14(13-8-4-3-5-9-13)16(2,19-18-15)17(15)10-6-7-11-17/h3-5,8-9,14H,6-7,10-12H2,1-2H3/t14-,15-,16+/m1/s1. The molecule has 0 aromatic heterocycles. The predicted octanol–water partition coefficient (Wildman–Crippen LogP) is 4.72. The first-order valence-corrected chi connectivity index (χ1v) is 7.60. The second-order valence-corrected chi connectivity index (χ2v) is 7.08. The molecule has 100 valence electrons. The van der Waals surface area contributed by atoms with E-state index in [1.807, 2.05) is 0 Å². The highest BCUT2D eigenvalue weighted by atomic mass is 15.3. The van der Waals surface area contributed by atoms with Gasteiger partial charge in [0.15, 0.2) is 0 Å². The topological polar surface area (TPSA) is 24.7 Å². The SMILES string of the molecule is C[C@]12C[C@H](c3ccccc3)[C@](C)(N=N1)C21CCCC1. The zero-order valence-corrected chi connectivity index (χ0v) is 11.9. The molecule has 3 atom stereocenters. The average molecular weight is 254 g/mol. The molecule has 3 aliphatic rings. The van der Waals surface area contributed by atoms with Crippen molar-refractivity contribution in [1.29, 1.82) is 0 Å². The summed E-state index contributed by atoms with van der Waals surface area (Å²) in [5, 5.41) is 9.57. The van der Waals surface area contributed by atoms with E-state index in [2.05, 4.69) is 44.2 Å². The highest BCUT2D eigenvalue weighted by molar-refractivity contribution is 5.37. The first kappa shape index (κ1) is 11.6. The zero-order valence-electron chi connectivity index (χ0n) is 11.9. The summed E-state index contributed by atoms with van der Waals surface area (Å²) in [5.74, 6) is 0.550. The Balaban J connectivity index is 1.84. The van der Waals surface area contributed by atoms with Crippen LogP contribution in [0.5, 0.6) is 0 Å². The van der Waals surface area contributed by atoms with Gasteiger partial charge in [0.1, 0.15) is 0 Å². The maximum absolute atomic E-state index is 4.83. The van der Waals surface area contributed by atoms with Crippen molar-refractivity contribution in [2.75, 3.05) is 0 Å². The van der Waals surface area contributed by atoms with Crippen molar-refractivity contribution in [1.82, 2.24) is 0 Å². The molecule has 19 heavy (non-hydrogen) atoms. The van der Waals surface area contributed by atoms with Crippen molar-refractivity contribution in [2.45, 2.75) is 62.9 Å². The van der Waals surface area contributed by atoms with Gasteiger partial charge in [-0.15, -0.1) is 0 Å². The molecule has 2 aliphatic carbocycles. The molecule has 2 fully saturated rings. The van der Waals surface area contributed by atoms with Crippen LogP contribution in [0.4, 0.5) is 0 Å². The third-order valence-electron chi connectivity index (χ3n) is 6.42. The van der Waals surface area contributed by atoms with Gasteiger partial charge >= 0.3 is 0 Å². The Labute approximate surface area is 115 Å². The molecule has 0 amide bonds. The lowest BCUT2D eigenvalue weighted by Gasteiger charge is -2.40. The highest BCUT2D eigenvalue weighted by Gasteiger charge is 2.72. The van der Waals surface area contributed by atoms with Gasteiger partial charge in [0.05, 0.1) is 11.1 Å². The summed E-state index contributed by atoms with van der Waals surface area (Å²) in [5.41, 5.74) is 1.90. The minimum absolute atomic E-state index is 0.0274. The third kappa shape index (κ3) is 1.19. The quantitative estimate of drug-likeness (QED) is 0.693. The Bertz CT molecular complexity index is 529. The summed E-state index contributed by atoms with van der Waals surface area (Å²) in [6.07, 6.45) is 6.53. The van der Waals surface area contributed by atoms with Gasteiger partial charge in [-0.3, -0.25) is 0 Å². The van der Waals surface area contributed by atoms with Crippen LogP contribution in [0, 0.1) is 5.41 Å². The number of hydrogen-bond acceptors (Lipinski definition) is 2. The van der Waals surface area contributed by atoms with Crippen LogP contribution in [0.15, 0.2) is 40.6 Å². The van der Waals surface area contributed by atoms with E-state index in [1.54, 1.807) is 0 Å². The smallest absolute Gasteiger partial charge is 0.0936 e. The first-order chi connectivity index (χ1) is 9.11. The summed E-state index contributed by atoms with van der Waals surface area (Å²) < 4.78 is 0. The molecule has 1 heterocycles. The van der Waals surface area contributed by atoms with E-state index in [1.165, 1.54) is 37.7 Å². The van der Waals surface area contributed by atoms with Crippen molar-refractivity contribution >= 4 is 0 Å². The first-order valence-electron chi connectivity index (χ1n) is 7.60. The van der Waals surface area contributed by atoms with Crippen LogP contribution >= 0.6 is 0 Å². The molecule has 0 saturated heterocycles. The second kappa shape index (κ2) is 3.47. The predicted molar refractivity (Wildman–Crippen MR) is 76.4 cm³/mol. The number of nitrogens with zero attached hydrogens (tertiary/aromatic N) is 2. The van der Waals surface area contributed by atoms with Crippen LogP contribution in [0.1, 0.15) is 57.4 Å². The number of azo groups is 1. The summed E-state index contributed by atoms with van der Waals surface area (Å²) in [7, 11) is 0. The van der Waals surface area contributed by atoms with Crippen LogP contribution in [0.3, 0.4) is 0 Å². The van der Waals surface area contributed by atoms with Crippen molar-refractivity contribution in [3.05, 3.63) is 35.9 Å². The molecule has 1 aliphatic heterocycles. The Morgan fingerprint density at radius 2 is 1.68 bits per heavy atom. The summed E-state index contributed by atoms with van der Waals surface area (Å²) in [4.78, 5) is 0. The van der Waals surface area contributed by atoms with Gasteiger partial charge in [-0.1, -0.05) is 43.2 Å². The maximum atomic E-state index is 4.83. The van der Waals surface area contributed by atoms with Gasteiger partial charge in [0.25, 0.3) is 0 Å². The van der Waals surface area contributed by atoms with Gasteiger partial charge < -0.3 is 0 Å². The van der Waals surface area contributed by atoms with E-state index < -0.39 is 0 Å². The third-order valence-corrected chi connectivity index (χ3v) is 6.42. The maximum Gasteiger partial charge on any atom is 0.0936 e. The lowest BCUT2D eigenvalue weighted by molar-refractivity contribution is 0.145. The molecule has 0 unspecified atom stereocenters. The van der Waals surface area contributed by atoms with E-state index in [4.69, 9.17) is 10.2 Å².